The summed E-state index contributed by atoms with van der Waals surface area (Å²) in [5.41, 5.74) is 2.45. The monoisotopic (exact) mass is 309 g/mol. The molecular weight excluding hydrogens is 290 g/mol. The van der Waals surface area contributed by atoms with Gasteiger partial charge in [-0.3, -0.25) is 4.79 Å². The van der Waals surface area contributed by atoms with Gasteiger partial charge in [-0.1, -0.05) is 11.8 Å². The van der Waals surface area contributed by atoms with E-state index in [4.69, 9.17) is 9.84 Å². The van der Waals surface area contributed by atoms with Crippen LogP contribution in [-0.4, -0.2) is 44.1 Å². The third-order valence-corrected chi connectivity index (χ3v) is 3.87. The van der Waals surface area contributed by atoms with E-state index in [0.29, 0.717) is 18.3 Å². The number of carbonyl (C=O) groups is 1. The third kappa shape index (κ3) is 3.95. The Labute approximate surface area is 127 Å². The van der Waals surface area contributed by atoms with Crippen LogP contribution in [0.3, 0.4) is 0 Å². The van der Waals surface area contributed by atoms with E-state index in [1.807, 2.05) is 37.5 Å². The van der Waals surface area contributed by atoms with E-state index in [2.05, 4.69) is 9.97 Å². The molecule has 0 aliphatic carbocycles. The number of ether oxygens (including phenoxy) is 1. The Morgan fingerprint density at radius 1 is 1.48 bits per heavy atom. The fourth-order valence-electron chi connectivity index (χ4n) is 2.07. The molecular formula is C14H19N3O3S. The number of aromatic nitrogens is 3. The van der Waals surface area contributed by atoms with Gasteiger partial charge in [-0.25, -0.2) is 9.97 Å². The lowest BCUT2D eigenvalue weighted by molar-refractivity contribution is -0.133. The van der Waals surface area contributed by atoms with Crippen molar-refractivity contribution in [3.05, 3.63) is 17.8 Å². The topological polar surface area (TPSA) is 77.2 Å². The predicted molar refractivity (Wildman–Crippen MR) is 81.7 cm³/mol. The Morgan fingerprint density at radius 2 is 2.24 bits per heavy atom. The van der Waals surface area contributed by atoms with Crippen LogP contribution in [0, 0.1) is 6.92 Å². The van der Waals surface area contributed by atoms with Crippen molar-refractivity contribution in [2.75, 3.05) is 12.4 Å². The Morgan fingerprint density at radius 3 is 2.90 bits per heavy atom. The minimum atomic E-state index is -0.861. The highest BCUT2D eigenvalue weighted by atomic mass is 32.2. The molecule has 0 aliphatic rings. The number of imidazole rings is 1. The maximum absolute atomic E-state index is 10.8. The lowest BCUT2D eigenvalue weighted by atomic mass is 10.3. The second-order valence-electron chi connectivity index (χ2n) is 4.75. The molecule has 0 aliphatic heterocycles. The largest absolute Gasteiger partial charge is 0.481 e. The highest BCUT2D eigenvalue weighted by Gasteiger charge is 2.16. The molecule has 1 unspecified atom stereocenters. The van der Waals surface area contributed by atoms with Crippen molar-refractivity contribution in [3.8, 4) is 0 Å². The summed E-state index contributed by atoms with van der Waals surface area (Å²) < 4.78 is 7.51. The lowest BCUT2D eigenvalue weighted by Crippen LogP contribution is -2.17. The summed E-state index contributed by atoms with van der Waals surface area (Å²) in [7, 11) is 0. The van der Waals surface area contributed by atoms with Crippen LogP contribution in [0.2, 0.25) is 0 Å². The Kier molecular flexibility index (Phi) is 5.19. The van der Waals surface area contributed by atoms with Crippen LogP contribution in [0.1, 0.15) is 19.5 Å². The minimum Gasteiger partial charge on any atom is -0.481 e. The van der Waals surface area contributed by atoms with Crippen LogP contribution < -0.4 is 0 Å². The van der Waals surface area contributed by atoms with Gasteiger partial charge in [0.2, 0.25) is 0 Å². The molecule has 0 saturated carbocycles. The van der Waals surface area contributed by atoms with Gasteiger partial charge in [0.05, 0.1) is 18.4 Å². The highest BCUT2D eigenvalue weighted by Crippen LogP contribution is 2.24. The van der Waals surface area contributed by atoms with E-state index >= 15 is 0 Å². The number of aliphatic carboxylic acids is 1. The van der Waals surface area contributed by atoms with E-state index < -0.39 is 5.97 Å². The van der Waals surface area contributed by atoms with Crippen molar-refractivity contribution in [2.24, 2.45) is 0 Å². The van der Waals surface area contributed by atoms with Crippen molar-refractivity contribution in [1.82, 2.24) is 14.5 Å². The number of rotatable bonds is 7. The van der Waals surface area contributed by atoms with E-state index in [1.165, 1.54) is 11.8 Å². The second-order valence-corrected chi connectivity index (χ2v) is 5.69. The quantitative estimate of drug-likeness (QED) is 0.791. The van der Waals surface area contributed by atoms with Gasteiger partial charge in [0.1, 0.15) is 5.52 Å². The third-order valence-electron chi connectivity index (χ3n) is 2.91. The number of carboxylic acid groups (broad SMARTS) is 1. The van der Waals surface area contributed by atoms with Crippen molar-refractivity contribution in [2.45, 2.75) is 38.6 Å². The number of aryl methyl sites for hydroxylation is 1. The summed E-state index contributed by atoms with van der Waals surface area (Å²) >= 11 is 1.20. The van der Waals surface area contributed by atoms with Crippen molar-refractivity contribution < 1.29 is 14.6 Å². The molecule has 0 amide bonds. The number of thioether (sulfide) groups is 1. The van der Waals surface area contributed by atoms with E-state index in [-0.39, 0.29) is 11.9 Å². The maximum Gasteiger partial charge on any atom is 0.313 e. The molecule has 2 aromatic heterocycles. The Hall–Kier alpha value is -1.60. The van der Waals surface area contributed by atoms with Gasteiger partial charge in [0.15, 0.2) is 10.8 Å². The fourth-order valence-corrected chi connectivity index (χ4v) is 2.80. The van der Waals surface area contributed by atoms with E-state index in [9.17, 15) is 4.79 Å². The van der Waals surface area contributed by atoms with Gasteiger partial charge in [-0.15, -0.1) is 0 Å². The molecule has 7 heteroatoms. The van der Waals surface area contributed by atoms with E-state index in [1.54, 1.807) is 0 Å². The molecule has 0 aromatic carbocycles. The van der Waals surface area contributed by atoms with Gasteiger partial charge in [-0.2, -0.15) is 0 Å². The standard InChI is InChI=1S/C14H19N3O3S/c1-4-20-10(3)7-17-13-11(6-5-9(2)15-13)16-14(17)21-8-12(18)19/h5-6,10H,4,7-8H2,1-3H3,(H,18,19). The molecule has 1 atom stereocenters. The Bertz CT molecular complexity index is 642. The van der Waals surface area contributed by atoms with Crippen molar-refractivity contribution in [3.63, 3.8) is 0 Å². The lowest BCUT2D eigenvalue weighted by Gasteiger charge is -2.14. The van der Waals surface area contributed by atoms with Gasteiger partial charge in [0, 0.05) is 12.3 Å². The average molecular weight is 309 g/mol. The maximum atomic E-state index is 10.8. The molecule has 6 nitrogen and oxygen atoms in total. The zero-order chi connectivity index (χ0) is 15.4. The summed E-state index contributed by atoms with van der Waals surface area (Å²) in [6, 6.07) is 3.81. The second kappa shape index (κ2) is 6.91. The number of carboxylic acids is 1. The summed E-state index contributed by atoms with van der Waals surface area (Å²) in [5.74, 6) is -0.883. The van der Waals surface area contributed by atoms with E-state index in [0.717, 1.165) is 16.9 Å². The summed E-state index contributed by atoms with van der Waals surface area (Å²) in [6.45, 7) is 7.09. The van der Waals surface area contributed by atoms with Crippen LogP contribution in [0.15, 0.2) is 17.3 Å². The first-order valence-electron chi connectivity index (χ1n) is 6.81. The molecule has 2 heterocycles. The zero-order valence-electron chi connectivity index (χ0n) is 12.4. The molecule has 0 radical (unpaired) electrons. The minimum absolute atomic E-state index is 0.0129. The van der Waals surface area contributed by atoms with Crippen LogP contribution in [0.4, 0.5) is 0 Å². The molecule has 1 N–H and O–H groups in total. The molecule has 0 saturated heterocycles. The molecule has 2 aromatic rings. The summed E-state index contributed by atoms with van der Waals surface area (Å²) in [6.07, 6.45) is 0.0129. The normalized spacial score (nSPS) is 12.7. The molecule has 21 heavy (non-hydrogen) atoms. The Balaban J connectivity index is 2.37. The van der Waals surface area contributed by atoms with Crippen LogP contribution in [0.5, 0.6) is 0 Å². The van der Waals surface area contributed by atoms with Crippen molar-refractivity contribution >= 4 is 28.9 Å². The zero-order valence-corrected chi connectivity index (χ0v) is 13.2. The molecule has 0 bridgehead atoms. The SMILES string of the molecule is CCOC(C)Cn1c(SCC(=O)O)nc2ccc(C)nc21. The fraction of sp³-hybridized carbons (Fsp3) is 0.500. The number of nitrogens with zero attached hydrogens (tertiary/aromatic N) is 3. The number of hydrogen-bond acceptors (Lipinski definition) is 5. The van der Waals surface area contributed by atoms with Gasteiger partial charge in [-0.05, 0) is 32.9 Å². The van der Waals surface area contributed by atoms with Gasteiger partial charge in [0.25, 0.3) is 0 Å². The summed E-state index contributed by atoms with van der Waals surface area (Å²) in [4.78, 5) is 19.8. The van der Waals surface area contributed by atoms with Gasteiger partial charge < -0.3 is 14.4 Å². The van der Waals surface area contributed by atoms with Crippen molar-refractivity contribution in [1.29, 1.82) is 0 Å². The molecule has 114 valence electrons. The highest BCUT2D eigenvalue weighted by molar-refractivity contribution is 7.99. The number of pyridine rings is 1. The predicted octanol–water partition coefficient (Wildman–Crippen LogP) is 2.34. The molecule has 2 rings (SSSR count). The smallest absolute Gasteiger partial charge is 0.313 e. The first-order chi connectivity index (χ1) is 10.0. The molecule has 0 fully saturated rings. The molecule has 0 spiro atoms. The van der Waals surface area contributed by atoms with Crippen LogP contribution in [-0.2, 0) is 16.1 Å². The summed E-state index contributed by atoms with van der Waals surface area (Å²) in [5, 5.41) is 9.52. The number of fused-ring (bicyclic) bond motifs is 1. The van der Waals surface area contributed by atoms with Gasteiger partial charge >= 0.3 is 5.97 Å². The number of hydrogen-bond donors (Lipinski definition) is 1. The first-order valence-corrected chi connectivity index (χ1v) is 7.80. The first kappa shape index (κ1) is 15.8. The average Bonchev–Trinajstić information content (AvgIpc) is 2.74. The van der Waals surface area contributed by atoms with Crippen LogP contribution >= 0.6 is 11.8 Å². The van der Waals surface area contributed by atoms with Crippen LogP contribution in [0.25, 0.3) is 11.2 Å².